The topological polar surface area (TPSA) is 158 Å². The molecular formula is C55H75N11O6. The lowest BCUT2D eigenvalue weighted by Gasteiger charge is -2.33. The predicted octanol–water partition coefficient (Wildman–Crippen LogP) is 9.10. The summed E-state index contributed by atoms with van der Waals surface area (Å²) in [6.07, 6.45) is 15.5. The molecule has 4 aliphatic rings. The van der Waals surface area contributed by atoms with Crippen molar-refractivity contribution >= 4 is 45.3 Å². The van der Waals surface area contributed by atoms with Gasteiger partial charge >= 0.3 is 0 Å². The van der Waals surface area contributed by atoms with Crippen molar-refractivity contribution in [2.45, 2.75) is 96.7 Å². The van der Waals surface area contributed by atoms with Gasteiger partial charge in [0, 0.05) is 93.2 Å². The molecule has 0 atom stereocenters. The van der Waals surface area contributed by atoms with Crippen LogP contribution >= 0.6 is 0 Å². The maximum Gasteiger partial charge on any atom is 0.225 e. The van der Waals surface area contributed by atoms with Gasteiger partial charge in [-0.3, -0.25) is 4.90 Å². The number of aromatic nitrogens is 5. The van der Waals surface area contributed by atoms with Crippen LogP contribution in [0.25, 0.3) is 27.5 Å². The van der Waals surface area contributed by atoms with Crippen LogP contribution in [0.3, 0.4) is 0 Å². The van der Waals surface area contributed by atoms with E-state index < -0.39 is 0 Å². The van der Waals surface area contributed by atoms with Crippen molar-refractivity contribution in [3.05, 3.63) is 66.5 Å². The summed E-state index contributed by atoms with van der Waals surface area (Å²) in [5, 5.41) is 12.7. The Labute approximate surface area is 424 Å². The van der Waals surface area contributed by atoms with Crippen LogP contribution in [-0.4, -0.2) is 135 Å². The Morgan fingerprint density at radius 3 is 1.42 bits per heavy atom. The van der Waals surface area contributed by atoms with E-state index in [1.165, 1.54) is 44.1 Å². The number of nitrogens with zero attached hydrogens (tertiary/aromatic N) is 8. The van der Waals surface area contributed by atoms with Crippen LogP contribution in [0.15, 0.2) is 60.9 Å². The highest BCUT2D eigenvalue weighted by Gasteiger charge is 2.26. The fourth-order valence-corrected chi connectivity index (χ4v) is 10.5. The van der Waals surface area contributed by atoms with Crippen LogP contribution in [0, 0.1) is 0 Å². The van der Waals surface area contributed by atoms with Crippen molar-refractivity contribution in [3.63, 3.8) is 0 Å². The average Bonchev–Trinajstić information content (AvgIpc) is 3.96. The molecule has 3 aromatic carbocycles. The van der Waals surface area contributed by atoms with Gasteiger partial charge in [0.2, 0.25) is 11.9 Å². The molecule has 0 bridgehead atoms. The second-order valence-corrected chi connectivity index (χ2v) is 19.0. The number of hydrogen-bond donors (Lipinski definition) is 3. The minimum absolute atomic E-state index is 0.294. The number of piperidine rings is 4. The van der Waals surface area contributed by atoms with Gasteiger partial charge in [-0.25, -0.2) is 9.97 Å². The monoisotopic (exact) mass is 986 g/mol. The van der Waals surface area contributed by atoms with Crippen LogP contribution in [0.5, 0.6) is 34.5 Å². The zero-order chi connectivity index (χ0) is 49.8. The third-order valence-electron chi connectivity index (χ3n) is 14.2. The van der Waals surface area contributed by atoms with Gasteiger partial charge < -0.3 is 58.7 Å². The smallest absolute Gasteiger partial charge is 0.225 e. The van der Waals surface area contributed by atoms with Gasteiger partial charge in [0.1, 0.15) is 28.8 Å². The van der Waals surface area contributed by atoms with E-state index in [0.717, 1.165) is 135 Å². The summed E-state index contributed by atoms with van der Waals surface area (Å²) in [4.78, 5) is 27.1. The summed E-state index contributed by atoms with van der Waals surface area (Å²) >= 11 is 0. The molecule has 0 amide bonds. The Kier molecular flexibility index (Phi) is 17.0. The third-order valence-corrected chi connectivity index (χ3v) is 14.2. The number of hydrogen-bond acceptors (Lipinski definition) is 16. The van der Waals surface area contributed by atoms with Gasteiger partial charge in [-0.1, -0.05) is 0 Å². The number of nitrogens with one attached hydrogen (secondary N) is 3. The molecule has 4 aliphatic heterocycles. The first-order chi connectivity index (χ1) is 35.4. The average molecular weight is 986 g/mol. The summed E-state index contributed by atoms with van der Waals surface area (Å²) in [5.41, 5.74) is 3.89. The molecule has 0 saturated carbocycles. The van der Waals surface area contributed by atoms with Gasteiger partial charge in [0.15, 0.2) is 23.0 Å². The number of ether oxygens (including phenoxy) is 6. The number of fused-ring (bicyclic) bond motifs is 2. The molecule has 4 saturated heterocycles. The summed E-state index contributed by atoms with van der Waals surface area (Å²) < 4.78 is 36.5. The third kappa shape index (κ3) is 11.9. The van der Waals surface area contributed by atoms with E-state index in [1.54, 1.807) is 28.4 Å². The summed E-state index contributed by atoms with van der Waals surface area (Å²) in [6, 6.07) is 17.0. The molecule has 3 aromatic heterocycles. The van der Waals surface area contributed by atoms with Crippen molar-refractivity contribution in [3.8, 4) is 40.2 Å². The number of likely N-dealkylation sites (tertiary alicyclic amines) is 1. The fraction of sp³-hybridized carbons (Fsp3) is 0.527. The molecule has 6 aromatic rings. The van der Waals surface area contributed by atoms with E-state index in [0.29, 0.717) is 60.2 Å². The number of benzene rings is 3. The first kappa shape index (κ1) is 50.5. The van der Waals surface area contributed by atoms with E-state index in [4.69, 9.17) is 48.4 Å². The van der Waals surface area contributed by atoms with Crippen LogP contribution in [0.1, 0.15) is 83.6 Å². The SMILES string of the molecule is CCOc1cc(CN2CCC(Nc3nc(N4CCCCC4)c4cc(OC)c(OC)cc4n3)CC2)cc(OCC)c1-n1cccc1.COc1cc2nc(NC3CCNCC3)nc(N3CCCCC3)c2cc1OC. The van der Waals surface area contributed by atoms with E-state index in [1.807, 2.05) is 62.6 Å². The van der Waals surface area contributed by atoms with Crippen molar-refractivity contribution in [2.75, 3.05) is 114 Å². The first-order valence-electron chi connectivity index (χ1n) is 26.3. The Morgan fingerprint density at radius 2 is 0.972 bits per heavy atom. The molecule has 3 N–H and O–H groups in total. The largest absolute Gasteiger partial charge is 0.493 e. The Morgan fingerprint density at radius 1 is 0.528 bits per heavy atom. The second-order valence-electron chi connectivity index (χ2n) is 19.0. The molecule has 17 nitrogen and oxygen atoms in total. The van der Waals surface area contributed by atoms with E-state index in [-0.39, 0.29) is 0 Å². The molecule has 72 heavy (non-hydrogen) atoms. The Balaban J connectivity index is 0.000000201. The summed E-state index contributed by atoms with van der Waals surface area (Å²) in [7, 11) is 6.65. The lowest BCUT2D eigenvalue weighted by molar-refractivity contribution is 0.210. The van der Waals surface area contributed by atoms with Gasteiger partial charge in [-0.15, -0.1) is 0 Å². The first-order valence-corrected chi connectivity index (χ1v) is 26.3. The van der Waals surface area contributed by atoms with Gasteiger partial charge in [0.05, 0.1) is 52.7 Å². The standard InChI is InChI=1S/C35H46N6O4.C20H29N5O2/c1-5-44-31-20-25(21-32(45-6-2)33(31)40-14-10-11-15-40)24-39-18-12-26(13-19-39)36-35-37-28-23-30(43-4)29(42-3)22-27(28)34(38-35)41-16-8-7-9-17-41;1-26-17-12-15-16(13-18(17)27-2)23-20(22-14-6-8-21-9-7-14)24-19(15)25-10-4-3-5-11-25/h10-11,14-15,20-23,26H,5-9,12-13,16-19,24H2,1-4H3,(H,36,37,38);12-14,21H,3-11H2,1-2H3,(H,22,23,24). The molecule has 7 heterocycles. The van der Waals surface area contributed by atoms with Crippen molar-refractivity contribution in [1.82, 2.24) is 34.7 Å². The van der Waals surface area contributed by atoms with Gasteiger partial charge in [-0.2, -0.15) is 9.97 Å². The maximum atomic E-state index is 6.11. The maximum absolute atomic E-state index is 6.11. The molecular weight excluding hydrogens is 911 g/mol. The minimum atomic E-state index is 0.294. The highest BCUT2D eigenvalue weighted by Crippen LogP contribution is 2.40. The molecule has 0 aliphatic carbocycles. The Hall–Kier alpha value is -6.46. The molecule has 386 valence electrons. The van der Waals surface area contributed by atoms with Gasteiger partial charge in [-0.05, 0) is 133 Å². The lowest BCUT2D eigenvalue weighted by atomic mass is 10.0. The van der Waals surface area contributed by atoms with Gasteiger partial charge in [0.25, 0.3) is 0 Å². The van der Waals surface area contributed by atoms with Crippen LogP contribution in [0.4, 0.5) is 23.5 Å². The second kappa shape index (κ2) is 24.3. The van der Waals surface area contributed by atoms with Crippen LogP contribution in [-0.2, 0) is 6.54 Å². The molecule has 0 unspecified atom stereocenters. The minimum Gasteiger partial charge on any atom is -0.493 e. The van der Waals surface area contributed by atoms with Crippen molar-refractivity contribution in [2.24, 2.45) is 0 Å². The van der Waals surface area contributed by atoms with E-state index >= 15 is 0 Å². The summed E-state index contributed by atoms with van der Waals surface area (Å²) in [6.45, 7) is 14.2. The number of rotatable bonds is 17. The van der Waals surface area contributed by atoms with Crippen molar-refractivity contribution in [1.29, 1.82) is 0 Å². The predicted molar refractivity (Wildman–Crippen MR) is 287 cm³/mol. The van der Waals surface area contributed by atoms with Crippen LogP contribution < -0.4 is 54.2 Å². The number of methoxy groups -OCH3 is 4. The van der Waals surface area contributed by atoms with E-state index in [2.05, 4.69) is 47.3 Å². The Bertz CT molecular complexity index is 2670. The summed E-state index contributed by atoms with van der Waals surface area (Å²) in [5.74, 6) is 7.83. The van der Waals surface area contributed by atoms with Crippen LogP contribution in [0.2, 0.25) is 0 Å². The molecule has 0 spiro atoms. The highest BCUT2D eigenvalue weighted by molar-refractivity contribution is 5.94. The zero-order valence-electron chi connectivity index (χ0n) is 43.3. The quantitative estimate of drug-likeness (QED) is 0.0794. The normalized spacial score (nSPS) is 17.0. The highest BCUT2D eigenvalue weighted by atomic mass is 16.5. The number of anilines is 4. The van der Waals surface area contributed by atoms with Crippen molar-refractivity contribution < 1.29 is 28.4 Å². The zero-order valence-corrected chi connectivity index (χ0v) is 43.3. The fourth-order valence-electron chi connectivity index (χ4n) is 10.5. The lowest BCUT2D eigenvalue weighted by Crippen LogP contribution is -2.39. The molecule has 0 radical (unpaired) electrons. The molecule has 10 rings (SSSR count). The van der Waals surface area contributed by atoms with E-state index in [9.17, 15) is 0 Å². The molecule has 4 fully saturated rings. The molecule has 17 heteroatoms.